The zero-order chi connectivity index (χ0) is 9.42. The number of nitrogens with zero attached hydrogens (tertiary/aromatic N) is 2. The number of fused-ring (bicyclic) bond motifs is 1. The van der Waals surface area contributed by atoms with Crippen molar-refractivity contribution in [2.24, 2.45) is 0 Å². The Bertz CT molecular complexity index is 457. The van der Waals surface area contributed by atoms with Crippen molar-refractivity contribution in [1.29, 1.82) is 0 Å². The number of halogens is 1. The molecule has 2 aromatic heterocycles. The molecule has 0 aromatic carbocycles. The fraction of sp³-hybridized carbons (Fsp3) is 0.250. The highest BCUT2D eigenvalue weighted by Crippen LogP contribution is 2.25. The van der Waals surface area contributed by atoms with E-state index in [4.69, 9.17) is 10.2 Å². The first-order chi connectivity index (χ1) is 6.22. The number of thioether (sulfide) groups is 1. The molecular formula is C8H10BrN3OS. The first kappa shape index (κ1) is 11.3. The molecule has 6 heteroatoms. The molecule has 0 unspecified atom stereocenters. The van der Waals surface area contributed by atoms with Gasteiger partial charge in [0.1, 0.15) is 5.82 Å². The number of rotatable bonds is 1. The highest BCUT2D eigenvalue weighted by atomic mass is 79.9. The molecule has 0 atom stereocenters. The van der Waals surface area contributed by atoms with E-state index in [1.54, 1.807) is 6.26 Å². The van der Waals surface area contributed by atoms with Crippen LogP contribution in [0, 0.1) is 6.92 Å². The smallest absolute Gasteiger partial charge is 0.232 e. The molecule has 0 aliphatic rings. The average Bonchev–Trinajstić information content (AvgIpc) is 2.48. The van der Waals surface area contributed by atoms with Gasteiger partial charge in [0.25, 0.3) is 0 Å². The zero-order valence-electron chi connectivity index (χ0n) is 7.77. The molecule has 76 valence electrons. The van der Waals surface area contributed by atoms with Gasteiger partial charge < -0.3 is 10.2 Å². The van der Waals surface area contributed by atoms with Crippen LogP contribution in [0.25, 0.3) is 11.1 Å². The van der Waals surface area contributed by atoms with Crippen LogP contribution in [0.1, 0.15) is 5.56 Å². The van der Waals surface area contributed by atoms with Crippen molar-refractivity contribution in [2.45, 2.75) is 12.1 Å². The summed E-state index contributed by atoms with van der Waals surface area (Å²) < 4.78 is 5.23. The molecular weight excluding hydrogens is 266 g/mol. The normalized spacial score (nSPS) is 10.1. The summed E-state index contributed by atoms with van der Waals surface area (Å²) in [7, 11) is 0. The van der Waals surface area contributed by atoms with Crippen LogP contribution < -0.4 is 5.73 Å². The molecule has 0 radical (unpaired) electrons. The Kier molecular flexibility index (Phi) is 3.38. The number of furan rings is 1. The topological polar surface area (TPSA) is 64.9 Å². The van der Waals surface area contributed by atoms with E-state index in [2.05, 4.69) is 9.97 Å². The fourth-order valence-electron chi connectivity index (χ4n) is 1.19. The molecule has 14 heavy (non-hydrogen) atoms. The van der Waals surface area contributed by atoms with Crippen molar-refractivity contribution in [2.75, 3.05) is 12.0 Å². The van der Waals surface area contributed by atoms with Gasteiger partial charge in [-0.05, 0) is 13.2 Å². The van der Waals surface area contributed by atoms with Crippen molar-refractivity contribution in [3.8, 4) is 0 Å². The Morgan fingerprint density at radius 1 is 1.43 bits per heavy atom. The quantitative estimate of drug-likeness (QED) is 0.640. The average molecular weight is 276 g/mol. The third-order valence-corrected chi connectivity index (χ3v) is 2.36. The molecule has 4 nitrogen and oxygen atoms in total. The number of aryl methyl sites for hydroxylation is 1. The van der Waals surface area contributed by atoms with Crippen molar-refractivity contribution < 1.29 is 4.42 Å². The Hall–Kier alpha value is -0.750. The molecule has 0 amide bonds. The number of nitrogens with two attached hydrogens (primary N) is 1. The van der Waals surface area contributed by atoms with Crippen LogP contribution in [0.5, 0.6) is 0 Å². The highest BCUT2D eigenvalue weighted by molar-refractivity contribution is 8.93. The number of hydrogen-bond acceptors (Lipinski definition) is 5. The maximum absolute atomic E-state index is 5.75. The second kappa shape index (κ2) is 4.18. The lowest BCUT2D eigenvalue weighted by Crippen LogP contribution is -1.95. The molecule has 0 spiro atoms. The molecule has 0 aliphatic carbocycles. The van der Waals surface area contributed by atoms with Gasteiger partial charge in [0.15, 0.2) is 5.16 Å². The van der Waals surface area contributed by atoms with E-state index < -0.39 is 0 Å². The maximum atomic E-state index is 5.75. The summed E-state index contributed by atoms with van der Waals surface area (Å²) in [6, 6.07) is 0. The van der Waals surface area contributed by atoms with Crippen LogP contribution in [0.15, 0.2) is 15.8 Å². The second-order valence-corrected chi connectivity index (χ2v) is 3.47. The SMILES string of the molecule is Br.CSc1nc(N)c2c(C)coc2n1. The van der Waals surface area contributed by atoms with E-state index in [-0.39, 0.29) is 17.0 Å². The zero-order valence-corrected chi connectivity index (χ0v) is 10.3. The van der Waals surface area contributed by atoms with Crippen molar-refractivity contribution in [1.82, 2.24) is 9.97 Å². The Morgan fingerprint density at radius 2 is 2.14 bits per heavy atom. The van der Waals surface area contributed by atoms with Crippen molar-refractivity contribution in [3.63, 3.8) is 0 Å². The summed E-state index contributed by atoms with van der Waals surface area (Å²) in [4.78, 5) is 8.30. The van der Waals surface area contributed by atoms with Crippen LogP contribution in [0.4, 0.5) is 5.82 Å². The van der Waals surface area contributed by atoms with E-state index in [1.165, 1.54) is 11.8 Å². The number of hydrogen-bond donors (Lipinski definition) is 1. The lowest BCUT2D eigenvalue weighted by Gasteiger charge is -1.97. The van der Waals surface area contributed by atoms with Gasteiger partial charge >= 0.3 is 0 Å². The van der Waals surface area contributed by atoms with Gasteiger partial charge in [0.2, 0.25) is 5.71 Å². The third-order valence-electron chi connectivity index (χ3n) is 1.81. The standard InChI is InChI=1S/C8H9N3OS.BrH/c1-4-3-12-7-5(4)6(9)10-8(11-7)13-2;/h3H,1-2H3,(H2,9,10,11);1H. The molecule has 2 aromatic rings. The highest BCUT2D eigenvalue weighted by Gasteiger charge is 2.09. The summed E-state index contributed by atoms with van der Waals surface area (Å²) in [5.74, 6) is 0.487. The maximum Gasteiger partial charge on any atom is 0.232 e. The van der Waals surface area contributed by atoms with Crippen LogP contribution >= 0.6 is 28.7 Å². The van der Waals surface area contributed by atoms with Gasteiger partial charge in [0, 0.05) is 5.56 Å². The Balaban J connectivity index is 0.000000980. The monoisotopic (exact) mass is 275 g/mol. The van der Waals surface area contributed by atoms with Gasteiger partial charge in [-0.25, -0.2) is 4.98 Å². The van der Waals surface area contributed by atoms with Crippen molar-refractivity contribution >= 4 is 45.7 Å². The number of nitrogen functional groups attached to an aromatic ring is 1. The molecule has 0 saturated heterocycles. The predicted octanol–water partition coefficient (Wildman–Crippen LogP) is 2.41. The summed E-state index contributed by atoms with van der Waals surface area (Å²) in [5, 5.41) is 1.46. The third kappa shape index (κ3) is 1.72. The summed E-state index contributed by atoms with van der Waals surface area (Å²) in [6.45, 7) is 1.92. The van der Waals surface area contributed by atoms with Gasteiger partial charge in [-0.1, -0.05) is 11.8 Å². The van der Waals surface area contributed by atoms with Gasteiger partial charge in [-0.2, -0.15) is 4.98 Å². The van der Waals surface area contributed by atoms with E-state index in [1.807, 2.05) is 13.2 Å². The second-order valence-electron chi connectivity index (χ2n) is 2.69. The largest absolute Gasteiger partial charge is 0.446 e. The van der Waals surface area contributed by atoms with Gasteiger partial charge in [0.05, 0.1) is 11.6 Å². The minimum Gasteiger partial charge on any atom is -0.446 e. The predicted molar refractivity (Wildman–Crippen MR) is 63.1 cm³/mol. The Morgan fingerprint density at radius 3 is 2.79 bits per heavy atom. The molecule has 2 N–H and O–H groups in total. The molecule has 2 rings (SSSR count). The van der Waals surface area contributed by atoms with E-state index in [0.717, 1.165) is 10.9 Å². The van der Waals surface area contributed by atoms with Gasteiger partial charge in [-0.15, -0.1) is 17.0 Å². The summed E-state index contributed by atoms with van der Waals surface area (Å²) in [5.41, 5.74) is 7.29. The first-order valence-electron chi connectivity index (χ1n) is 3.77. The Labute approximate surface area is 96.1 Å². The first-order valence-corrected chi connectivity index (χ1v) is 5.00. The fourth-order valence-corrected chi connectivity index (χ4v) is 1.55. The van der Waals surface area contributed by atoms with E-state index in [9.17, 15) is 0 Å². The van der Waals surface area contributed by atoms with Gasteiger partial charge in [-0.3, -0.25) is 0 Å². The molecule has 2 heterocycles. The van der Waals surface area contributed by atoms with Crippen LogP contribution in [0.3, 0.4) is 0 Å². The van der Waals surface area contributed by atoms with Crippen LogP contribution in [-0.2, 0) is 0 Å². The molecule has 0 aliphatic heterocycles. The summed E-state index contributed by atoms with van der Waals surface area (Å²) in [6.07, 6.45) is 3.54. The summed E-state index contributed by atoms with van der Waals surface area (Å²) >= 11 is 1.44. The molecule has 0 fully saturated rings. The molecule has 0 saturated carbocycles. The minimum absolute atomic E-state index is 0. The van der Waals surface area contributed by atoms with Crippen LogP contribution in [-0.4, -0.2) is 16.2 Å². The number of anilines is 1. The lowest BCUT2D eigenvalue weighted by molar-refractivity contribution is 0.595. The van der Waals surface area contributed by atoms with Crippen molar-refractivity contribution in [3.05, 3.63) is 11.8 Å². The minimum atomic E-state index is 0. The van der Waals surface area contributed by atoms with E-state index >= 15 is 0 Å². The number of aromatic nitrogens is 2. The van der Waals surface area contributed by atoms with Crippen LogP contribution in [0.2, 0.25) is 0 Å². The lowest BCUT2D eigenvalue weighted by atomic mass is 10.2. The molecule has 0 bridgehead atoms. The van der Waals surface area contributed by atoms with E-state index in [0.29, 0.717) is 16.7 Å².